The number of hydrogen-bond donors (Lipinski definition) is 2. The molecule has 4 nitrogen and oxygen atoms in total. The topological polar surface area (TPSA) is 66.4 Å². The van der Waals surface area contributed by atoms with Crippen LogP contribution < -0.4 is 5.32 Å². The first-order chi connectivity index (χ1) is 8.00. The van der Waals surface area contributed by atoms with Gasteiger partial charge in [-0.2, -0.15) is 0 Å². The van der Waals surface area contributed by atoms with E-state index in [4.69, 9.17) is 16.7 Å². The molecule has 1 aromatic carbocycles. The van der Waals surface area contributed by atoms with Crippen molar-refractivity contribution in [3.63, 3.8) is 0 Å². The van der Waals surface area contributed by atoms with Crippen LogP contribution in [0.15, 0.2) is 18.2 Å². The second kappa shape index (κ2) is 4.33. The summed E-state index contributed by atoms with van der Waals surface area (Å²) in [5.74, 6) is -2.97. The standard InChI is InChI=1S/C11H9ClFNO3/c12-7-3-1-2-5(9(7)13)6-4-8(15)14-10(6)11(16)17/h1-3,6,10H,4H2,(H,14,15)(H,16,17). The number of nitrogens with one attached hydrogen (secondary N) is 1. The van der Waals surface area contributed by atoms with Crippen molar-refractivity contribution >= 4 is 23.5 Å². The average Bonchev–Trinajstić information content (AvgIpc) is 2.64. The lowest BCUT2D eigenvalue weighted by molar-refractivity contribution is -0.140. The summed E-state index contributed by atoms with van der Waals surface area (Å²) in [4.78, 5) is 22.2. The van der Waals surface area contributed by atoms with Crippen LogP contribution in [0.3, 0.4) is 0 Å². The summed E-state index contributed by atoms with van der Waals surface area (Å²) in [7, 11) is 0. The van der Waals surface area contributed by atoms with E-state index in [1.807, 2.05) is 0 Å². The van der Waals surface area contributed by atoms with Crippen molar-refractivity contribution in [1.29, 1.82) is 0 Å². The molecular formula is C11H9ClFNO3. The van der Waals surface area contributed by atoms with Crippen molar-refractivity contribution in [2.45, 2.75) is 18.4 Å². The van der Waals surface area contributed by atoms with Crippen molar-refractivity contribution in [2.24, 2.45) is 0 Å². The number of rotatable bonds is 2. The highest BCUT2D eigenvalue weighted by molar-refractivity contribution is 6.30. The molecule has 2 atom stereocenters. The summed E-state index contributed by atoms with van der Waals surface area (Å²) in [6.07, 6.45) is -0.0474. The second-order valence-corrected chi connectivity index (χ2v) is 4.24. The number of carboxylic acids is 1. The van der Waals surface area contributed by atoms with Crippen LogP contribution in [0.2, 0.25) is 5.02 Å². The maximum absolute atomic E-state index is 13.8. The first-order valence-corrected chi connectivity index (χ1v) is 5.34. The molecule has 2 N–H and O–H groups in total. The molecule has 2 unspecified atom stereocenters. The molecule has 1 amide bonds. The van der Waals surface area contributed by atoms with Crippen LogP contribution in [-0.4, -0.2) is 23.0 Å². The Kier molecular flexibility index (Phi) is 3.02. The number of aliphatic carboxylic acids is 1. The third-order valence-electron chi connectivity index (χ3n) is 2.77. The Labute approximate surface area is 101 Å². The smallest absolute Gasteiger partial charge is 0.326 e. The molecule has 1 saturated heterocycles. The van der Waals surface area contributed by atoms with Gasteiger partial charge in [-0.05, 0) is 11.6 Å². The number of hydrogen-bond acceptors (Lipinski definition) is 2. The molecule has 1 fully saturated rings. The minimum absolute atomic E-state index is 0.0474. The van der Waals surface area contributed by atoms with Gasteiger partial charge in [-0.3, -0.25) is 4.79 Å². The van der Waals surface area contributed by atoms with Gasteiger partial charge in [0.05, 0.1) is 5.02 Å². The number of carbonyl (C=O) groups is 2. The molecule has 0 aromatic heterocycles. The Bertz CT molecular complexity index is 492. The van der Waals surface area contributed by atoms with E-state index >= 15 is 0 Å². The van der Waals surface area contributed by atoms with Gasteiger partial charge >= 0.3 is 5.97 Å². The van der Waals surface area contributed by atoms with Crippen LogP contribution in [0.4, 0.5) is 4.39 Å². The summed E-state index contributed by atoms with van der Waals surface area (Å²) < 4.78 is 13.8. The zero-order chi connectivity index (χ0) is 12.6. The van der Waals surface area contributed by atoms with Crippen molar-refractivity contribution in [3.8, 4) is 0 Å². The fourth-order valence-electron chi connectivity index (χ4n) is 1.98. The third-order valence-corrected chi connectivity index (χ3v) is 3.06. The highest BCUT2D eigenvalue weighted by Crippen LogP contribution is 2.32. The second-order valence-electron chi connectivity index (χ2n) is 3.84. The minimum atomic E-state index is -1.18. The summed E-state index contributed by atoms with van der Waals surface area (Å²) in [5.41, 5.74) is 0.156. The molecule has 2 rings (SSSR count). The van der Waals surface area contributed by atoms with Gasteiger partial charge in [0, 0.05) is 12.3 Å². The summed E-state index contributed by atoms with van der Waals surface area (Å²) in [6, 6.07) is 3.25. The van der Waals surface area contributed by atoms with Gasteiger partial charge in [0.1, 0.15) is 11.9 Å². The predicted molar refractivity (Wildman–Crippen MR) is 58.3 cm³/mol. The van der Waals surface area contributed by atoms with Crippen LogP contribution in [0.5, 0.6) is 0 Å². The molecule has 0 aliphatic carbocycles. The molecule has 0 spiro atoms. The number of halogens is 2. The van der Waals surface area contributed by atoms with Crippen molar-refractivity contribution in [2.75, 3.05) is 0 Å². The number of carbonyl (C=O) groups excluding carboxylic acids is 1. The van der Waals surface area contributed by atoms with Crippen molar-refractivity contribution < 1.29 is 19.1 Å². The van der Waals surface area contributed by atoms with E-state index in [9.17, 15) is 14.0 Å². The Morgan fingerprint density at radius 1 is 1.53 bits per heavy atom. The van der Waals surface area contributed by atoms with Gasteiger partial charge in [-0.15, -0.1) is 0 Å². The Balaban J connectivity index is 2.41. The van der Waals surface area contributed by atoms with E-state index in [1.165, 1.54) is 18.2 Å². The molecule has 0 saturated carbocycles. The molecule has 6 heteroatoms. The first kappa shape index (κ1) is 11.9. The monoisotopic (exact) mass is 257 g/mol. The summed E-state index contributed by atoms with van der Waals surface area (Å²) in [5, 5.41) is 11.2. The van der Waals surface area contributed by atoms with Crippen LogP contribution in [0, 0.1) is 5.82 Å². The van der Waals surface area contributed by atoms with E-state index in [1.54, 1.807) is 0 Å². The average molecular weight is 258 g/mol. The fraction of sp³-hybridized carbons (Fsp3) is 0.273. The van der Waals surface area contributed by atoms with Crippen LogP contribution in [0.1, 0.15) is 17.9 Å². The van der Waals surface area contributed by atoms with Crippen LogP contribution in [0.25, 0.3) is 0 Å². The normalized spacial score (nSPS) is 23.5. The van der Waals surface area contributed by atoms with Gasteiger partial charge < -0.3 is 10.4 Å². The largest absolute Gasteiger partial charge is 0.480 e. The van der Waals surface area contributed by atoms with Crippen LogP contribution >= 0.6 is 11.6 Å². The lowest BCUT2D eigenvalue weighted by atomic mass is 9.91. The quantitative estimate of drug-likeness (QED) is 0.844. The Hall–Kier alpha value is -1.62. The van der Waals surface area contributed by atoms with Gasteiger partial charge in [0.25, 0.3) is 0 Å². The number of amides is 1. The fourth-order valence-corrected chi connectivity index (χ4v) is 2.16. The SMILES string of the molecule is O=C1CC(c2cccc(Cl)c2F)C(C(=O)O)N1. The maximum Gasteiger partial charge on any atom is 0.326 e. The van der Waals surface area contributed by atoms with E-state index in [0.29, 0.717) is 0 Å². The van der Waals surface area contributed by atoms with Gasteiger partial charge in [0.2, 0.25) is 5.91 Å². The highest BCUT2D eigenvalue weighted by Gasteiger charge is 2.39. The zero-order valence-electron chi connectivity index (χ0n) is 8.61. The predicted octanol–water partition coefficient (Wildman–Crippen LogP) is 1.54. The molecule has 1 aliphatic rings. The number of carboxylic acid groups (broad SMARTS) is 1. The minimum Gasteiger partial charge on any atom is -0.480 e. The molecule has 17 heavy (non-hydrogen) atoms. The van der Waals surface area contributed by atoms with E-state index in [-0.39, 0.29) is 17.0 Å². The molecular weight excluding hydrogens is 249 g/mol. The van der Waals surface area contributed by atoms with Crippen molar-refractivity contribution in [3.05, 3.63) is 34.6 Å². The number of benzene rings is 1. The van der Waals surface area contributed by atoms with Gasteiger partial charge in [-0.1, -0.05) is 23.7 Å². The maximum atomic E-state index is 13.8. The molecule has 1 aliphatic heterocycles. The summed E-state index contributed by atoms with van der Waals surface area (Å²) >= 11 is 5.63. The first-order valence-electron chi connectivity index (χ1n) is 4.96. The van der Waals surface area contributed by atoms with E-state index in [2.05, 4.69) is 5.32 Å². The van der Waals surface area contributed by atoms with Crippen LogP contribution in [-0.2, 0) is 9.59 Å². The molecule has 1 aromatic rings. The van der Waals surface area contributed by atoms with E-state index in [0.717, 1.165) is 0 Å². The van der Waals surface area contributed by atoms with Gasteiger partial charge in [0.15, 0.2) is 0 Å². The molecule has 0 bridgehead atoms. The zero-order valence-corrected chi connectivity index (χ0v) is 9.37. The highest BCUT2D eigenvalue weighted by atomic mass is 35.5. The summed E-state index contributed by atoms with van der Waals surface area (Å²) in [6.45, 7) is 0. The third kappa shape index (κ3) is 2.10. The Morgan fingerprint density at radius 3 is 2.88 bits per heavy atom. The van der Waals surface area contributed by atoms with Gasteiger partial charge in [-0.25, -0.2) is 9.18 Å². The lowest BCUT2D eigenvalue weighted by Gasteiger charge is -2.15. The lowest BCUT2D eigenvalue weighted by Crippen LogP contribution is -2.36. The molecule has 0 radical (unpaired) electrons. The molecule has 90 valence electrons. The van der Waals surface area contributed by atoms with E-state index < -0.39 is 29.7 Å². The molecule has 1 heterocycles. The van der Waals surface area contributed by atoms with Crippen molar-refractivity contribution in [1.82, 2.24) is 5.32 Å². The Morgan fingerprint density at radius 2 is 2.24 bits per heavy atom.